The van der Waals surface area contributed by atoms with Gasteiger partial charge in [-0.15, -0.1) is 5.10 Å². The van der Waals surface area contributed by atoms with Gasteiger partial charge in [0.15, 0.2) is 15.5 Å². The average Bonchev–Trinajstić information content (AvgIpc) is 3.17. The molecule has 1 aromatic carbocycles. The third-order valence-corrected chi connectivity index (χ3v) is 6.32. The molecule has 1 saturated heterocycles. The lowest BCUT2D eigenvalue weighted by atomic mass is 10.2. The molecule has 26 heavy (non-hydrogen) atoms. The zero-order valence-electron chi connectivity index (χ0n) is 15.0. The third-order valence-electron chi connectivity index (χ3n) is 4.57. The molecule has 0 spiro atoms. The SMILES string of the molecule is CCOc1ccccc1-n1nnc(C(=O)N(C)[C@@H]2CCS(=O)(=O)C2)c1C. The highest BCUT2D eigenvalue weighted by molar-refractivity contribution is 7.91. The maximum Gasteiger partial charge on any atom is 0.276 e. The fraction of sp³-hybridized carbons (Fsp3) is 0.471. The van der Waals surface area contributed by atoms with Gasteiger partial charge in [0.25, 0.3) is 5.91 Å². The summed E-state index contributed by atoms with van der Waals surface area (Å²) in [5.41, 5.74) is 1.49. The van der Waals surface area contributed by atoms with E-state index >= 15 is 0 Å². The van der Waals surface area contributed by atoms with Gasteiger partial charge in [-0.3, -0.25) is 4.79 Å². The zero-order chi connectivity index (χ0) is 18.9. The number of benzene rings is 1. The maximum atomic E-state index is 12.8. The number of carbonyl (C=O) groups excluding carboxylic acids is 1. The Hall–Kier alpha value is -2.42. The summed E-state index contributed by atoms with van der Waals surface area (Å²) in [7, 11) is -1.46. The Balaban J connectivity index is 1.89. The normalized spacial score (nSPS) is 18.7. The minimum absolute atomic E-state index is 0.00437. The van der Waals surface area contributed by atoms with Crippen molar-refractivity contribution in [1.29, 1.82) is 0 Å². The molecule has 1 aliphatic heterocycles. The zero-order valence-corrected chi connectivity index (χ0v) is 15.9. The van der Waals surface area contributed by atoms with Crippen LogP contribution in [0.1, 0.15) is 29.5 Å². The first-order valence-electron chi connectivity index (χ1n) is 8.46. The fourth-order valence-corrected chi connectivity index (χ4v) is 4.85. The molecule has 2 aromatic rings. The fourth-order valence-electron chi connectivity index (χ4n) is 3.08. The summed E-state index contributed by atoms with van der Waals surface area (Å²) in [5.74, 6) is 0.431. The monoisotopic (exact) mass is 378 g/mol. The predicted molar refractivity (Wildman–Crippen MR) is 96.4 cm³/mol. The minimum atomic E-state index is -3.07. The van der Waals surface area contributed by atoms with Crippen LogP contribution >= 0.6 is 0 Å². The molecule has 1 aliphatic rings. The molecule has 2 heterocycles. The van der Waals surface area contributed by atoms with E-state index in [1.807, 2.05) is 31.2 Å². The number of nitrogens with zero attached hydrogens (tertiary/aromatic N) is 4. The van der Waals surface area contributed by atoms with Crippen LogP contribution in [-0.2, 0) is 9.84 Å². The van der Waals surface area contributed by atoms with Crippen LogP contribution in [-0.4, -0.2) is 65.4 Å². The van der Waals surface area contributed by atoms with Gasteiger partial charge in [0.2, 0.25) is 0 Å². The molecule has 1 atom stereocenters. The molecule has 3 rings (SSSR count). The van der Waals surface area contributed by atoms with Crippen LogP contribution in [0.3, 0.4) is 0 Å². The molecule has 1 fully saturated rings. The number of carbonyl (C=O) groups is 1. The van der Waals surface area contributed by atoms with E-state index in [2.05, 4.69) is 10.3 Å². The summed E-state index contributed by atoms with van der Waals surface area (Å²) >= 11 is 0. The van der Waals surface area contributed by atoms with Crippen LogP contribution < -0.4 is 4.74 Å². The largest absolute Gasteiger partial charge is 0.492 e. The van der Waals surface area contributed by atoms with Gasteiger partial charge in [-0.25, -0.2) is 13.1 Å². The number of aromatic nitrogens is 3. The Morgan fingerprint density at radius 3 is 2.77 bits per heavy atom. The molecule has 1 amide bonds. The number of hydrogen-bond acceptors (Lipinski definition) is 6. The smallest absolute Gasteiger partial charge is 0.276 e. The van der Waals surface area contributed by atoms with Crippen molar-refractivity contribution >= 4 is 15.7 Å². The second-order valence-corrected chi connectivity index (χ2v) is 8.54. The number of amides is 1. The first kappa shape index (κ1) is 18.4. The summed E-state index contributed by atoms with van der Waals surface area (Å²) in [4.78, 5) is 14.3. The van der Waals surface area contributed by atoms with E-state index in [1.165, 1.54) is 4.90 Å². The van der Waals surface area contributed by atoms with E-state index in [-0.39, 0.29) is 29.1 Å². The van der Waals surface area contributed by atoms with Crippen LogP contribution in [0.15, 0.2) is 24.3 Å². The first-order chi connectivity index (χ1) is 12.3. The Morgan fingerprint density at radius 2 is 2.12 bits per heavy atom. The number of sulfone groups is 1. The van der Waals surface area contributed by atoms with Gasteiger partial charge in [0.05, 0.1) is 23.8 Å². The highest BCUT2D eigenvalue weighted by Gasteiger charge is 2.34. The molecule has 0 aliphatic carbocycles. The van der Waals surface area contributed by atoms with E-state index < -0.39 is 9.84 Å². The van der Waals surface area contributed by atoms with E-state index in [4.69, 9.17) is 4.74 Å². The van der Waals surface area contributed by atoms with Crippen molar-refractivity contribution in [2.45, 2.75) is 26.3 Å². The molecular weight excluding hydrogens is 356 g/mol. The van der Waals surface area contributed by atoms with Crippen molar-refractivity contribution in [3.05, 3.63) is 35.7 Å². The standard InChI is InChI=1S/C17H22N4O4S/c1-4-25-15-8-6-5-7-14(15)21-12(2)16(18-19-21)17(22)20(3)13-9-10-26(23,24)11-13/h5-8,13H,4,9-11H2,1-3H3/t13-/m1/s1. The van der Waals surface area contributed by atoms with Gasteiger partial charge in [-0.1, -0.05) is 17.3 Å². The topological polar surface area (TPSA) is 94.4 Å². The van der Waals surface area contributed by atoms with E-state index in [0.717, 1.165) is 0 Å². The number of ether oxygens (including phenoxy) is 1. The Morgan fingerprint density at radius 1 is 1.38 bits per heavy atom. The van der Waals surface area contributed by atoms with Gasteiger partial charge in [-0.2, -0.15) is 0 Å². The van der Waals surface area contributed by atoms with Crippen LogP contribution in [0.25, 0.3) is 5.69 Å². The van der Waals surface area contributed by atoms with Crippen LogP contribution in [0.5, 0.6) is 5.75 Å². The highest BCUT2D eigenvalue weighted by Crippen LogP contribution is 2.25. The lowest BCUT2D eigenvalue weighted by Gasteiger charge is -2.22. The van der Waals surface area contributed by atoms with Gasteiger partial charge < -0.3 is 9.64 Å². The Labute approximate surface area is 152 Å². The minimum Gasteiger partial charge on any atom is -0.492 e. The molecule has 9 heteroatoms. The van der Waals surface area contributed by atoms with E-state index in [9.17, 15) is 13.2 Å². The van der Waals surface area contributed by atoms with Crippen molar-refractivity contribution in [1.82, 2.24) is 19.9 Å². The van der Waals surface area contributed by atoms with Crippen LogP contribution in [0, 0.1) is 6.92 Å². The molecule has 0 unspecified atom stereocenters. The average molecular weight is 378 g/mol. The number of rotatable bonds is 5. The molecule has 1 aromatic heterocycles. The van der Waals surface area contributed by atoms with Crippen molar-refractivity contribution in [3.8, 4) is 11.4 Å². The second-order valence-electron chi connectivity index (χ2n) is 6.31. The van der Waals surface area contributed by atoms with E-state index in [0.29, 0.717) is 30.2 Å². The summed E-state index contributed by atoms with van der Waals surface area (Å²) < 4.78 is 30.5. The number of para-hydroxylation sites is 2. The van der Waals surface area contributed by atoms with Gasteiger partial charge >= 0.3 is 0 Å². The molecule has 8 nitrogen and oxygen atoms in total. The quantitative estimate of drug-likeness (QED) is 0.777. The van der Waals surface area contributed by atoms with Gasteiger partial charge in [-0.05, 0) is 32.4 Å². The highest BCUT2D eigenvalue weighted by atomic mass is 32.2. The Bertz CT molecular complexity index is 923. The van der Waals surface area contributed by atoms with Crippen LogP contribution in [0.4, 0.5) is 0 Å². The number of hydrogen-bond donors (Lipinski definition) is 0. The lowest BCUT2D eigenvalue weighted by molar-refractivity contribution is 0.0741. The van der Waals surface area contributed by atoms with Gasteiger partial charge in [0.1, 0.15) is 11.4 Å². The van der Waals surface area contributed by atoms with Crippen molar-refractivity contribution in [2.75, 3.05) is 25.2 Å². The molecule has 0 bridgehead atoms. The lowest BCUT2D eigenvalue weighted by Crippen LogP contribution is -2.38. The predicted octanol–water partition coefficient (Wildman–Crippen LogP) is 1.23. The molecule has 0 radical (unpaired) electrons. The van der Waals surface area contributed by atoms with Crippen molar-refractivity contribution < 1.29 is 17.9 Å². The molecule has 0 saturated carbocycles. The molecule has 140 valence electrons. The third kappa shape index (κ3) is 3.44. The summed E-state index contributed by atoms with van der Waals surface area (Å²) in [6.45, 7) is 4.16. The summed E-state index contributed by atoms with van der Waals surface area (Å²) in [6, 6.07) is 7.06. The van der Waals surface area contributed by atoms with Crippen molar-refractivity contribution in [2.24, 2.45) is 0 Å². The summed E-state index contributed by atoms with van der Waals surface area (Å²) in [5, 5.41) is 8.15. The van der Waals surface area contributed by atoms with E-state index in [1.54, 1.807) is 18.7 Å². The molecular formula is C17H22N4O4S. The summed E-state index contributed by atoms with van der Waals surface area (Å²) in [6.07, 6.45) is 0.449. The Kier molecular flexibility index (Phi) is 4.99. The van der Waals surface area contributed by atoms with Crippen LogP contribution in [0.2, 0.25) is 0 Å². The molecule has 0 N–H and O–H groups in total. The van der Waals surface area contributed by atoms with Crippen molar-refractivity contribution in [3.63, 3.8) is 0 Å². The van der Waals surface area contributed by atoms with Gasteiger partial charge in [0, 0.05) is 13.1 Å². The second kappa shape index (κ2) is 7.06. The maximum absolute atomic E-state index is 12.8. The first-order valence-corrected chi connectivity index (χ1v) is 10.3.